The third-order valence-electron chi connectivity index (χ3n) is 10.2. The Hall–Kier alpha value is -0.650. The Bertz CT molecular complexity index is 667. The topological polar surface area (TPSA) is 65.3 Å². The zero-order chi connectivity index (χ0) is 21.7. The van der Waals surface area contributed by atoms with Crippen molar-refractivity contribution in [3.63, 3.8) is 0 Å². The summed E-state index contributed by atoms with van der Waals surface area (Å²) < 4.78 is 0. The highest BCUT2D eigenvalue weighted by Crippen LogP contribution is 2.69. The van der Waals surface area contributed by atoms with Crippen molar-refractivity contribution in [3.05, 3.63) is 0 Å². The van der Waals surface area contributed by atoms with Gasteiger partial charge >= 0.3 is 0 Å². The van der Waals surface area contributed by atoms with Gasteiger partial charge in [-0.3, -0.25) is 0 Å². The number of likely N-dealkylation sites (N-methyl/N-ethyl adjacent to an activating group) is 1. The van der Waals surface area contributed by atoms with Gasteiger partial charge in [0.1, 0.15) is 6.61 Å². The fourth-order valence-corrected chi connectivity index (χ4v) is 8.31. The van der Waals surface area contributed by atoms with Gasteiger partial charge in [-0.15, -0.1) is 0 Å². The van der Waals surface area contributed by atoms with Crippen LogP contribution < -0.4 is 0 Å². The van der Waals surface area contributed by atoms with Crippen molar-refractivity contribution in [1.82, 2.24) is 4.90 Å². The maximum Gasteiger partial charge on any atom is 0.129 e. The van der Waals surface area contributed by atoms with Gasteiger partial charge in [0.2, 0.25) is 0 Å². The molecule has 4 fully saturated rings. The van der Waals surface area contributed by atoms with E-state index in [0.29, 0.717) is 30.3 Å². The van der Waals surface area contributed by atoms with Gasteiger partial charge in [-0.2, -0.15) is 0 Å². The summed E-state index contributed by atoms with van der Waals surface area (Å²) in [4.78, 5) is 7.72. The van der Waals surface area contributed by atoms with E-state index in [1.165, 1.54) is 12.8 Å². The maximum atomic E-state index is 12.2. The number of fused-ring (bicyclic) bond motifs is 5. The van der Waals surface area contributed by atoms with E-state index in [-0.39, 0.29) is 16.9 Å². The second kappa shape index (κ2) is 8.04. The Morgan fingerprint density at radius 2 is 1.80 bits per heavy atom. The molecule has 0 bridgehead atoms. The molecular formula is C25H44N2O3. The van der Waals surface area contributed by atoms with Crippen LogP contribution in [0.15, 0.2) is 5.16 Å². The molecule has 0 aliphatic heterocycles. The van der Waals surface area contributed by atoms with Crippen LogP contribution in [0.4, 0.5) is 0 Å². The van der Waals surface area contributed by atoms with Crippen LogP contribution in [-0.2, 0) is 4.84 Å². The summed E-state index contributed by atoms with van der Waals surface area (Å²) in [5, 5.41) is 27.0. The second-order valence-electron chi connectivity index (χ2n) is 11.8. The van der Waals surface area contributed by atoms with E-state index in [1.54, 1.807) is 0 Å². The van der Waals surface area contributed by atoms with Gasteiger partial charge in [0.15, 0.2) is 0 Å². The highest BCUT2D eigenvalue weighted by Gasteiger charge is 2.67. The first-order valence-electron chi connectivity index (χ1n) is 12.3. The number of rotatable bonds is 5. The lowest BCUT2D eigenvalue weighted by Gasteiger charge is -2.63. The van der Waals surface area contributed by atoms with Gasteiger partial charge in [-0.1, -0.05) is 19.0 Å². The first-order valence-corrected chi connectivity index (χ1v) is 12.3. The molecule has 172 valence electrons. The van der Waals surface area contributed by atoms with Crippen LogP contribution >= 0.6 is 0 Å². The minimum Gasteiger partial charge on any atom is -0.394 e. The lowest BCUT2D eigenvalue weighted by Crippen LogP contribution is -2.62. The minimum absolute atomic E-state index is 0.107. The molecule has 4 saturated carbocycles. The van der Waals surface area contributed by atoms with E-state index in [1.807, 2.05) is 14.1 Å². The van der Waals surface area contributed by atoms with Gasteiger partial charge in [0.25, 0.3) is 0 Å². The fourth-order valence-electron chi connectivity index (χ4n) is 8.31. The van der Waals surface area contributed by atoms with Crippen molar-refractivity contribution >= 4 is 5.71 Å². The standard InChI is InChI=1S/C25H44N2O3/c1-17(26-30-15-14-27(4)5)20-10-13-25(29)22-7-6-18-16-19(28)8-11-23(18,2)21(22)9-12-24(20,25)3/h18-22,28-29H,6-16H2,1-5H3/b26-17-/t18?,19?,20-,21+,22-,23+,24-,25-/m1/s1. The van der Waals surface area contributed by atoms with Gasteiger partial charge in [0, 0.05) is 17.9 Å². The number of nitrogens with zero attached hydrogens (tertiary/aromatic N) is 2. The number of hydrogen-bond acceptors (Lipinski definition) is 5. The molecule has 0 aromatic carbocycles. The average molecular weight is 421 g/mol. The molecule has 0 aromatic heterocycles. The van der Waals surface area contributed by atoms with Crippen LogP contribution in [0, 0.1) is 34.5 Å². The van der Waals surface area contributed by atoms with Crippen molar-refractivity contribution in [1.29, 1.82) is 0 Å². The summed E-state index contributed by atoms with van der Waals surface area (Å²) in [6, 6.07) is 0. The highest BCUT2D eigenvalue weighted by atomic mass is 16.6. The lowest BCUT2D eigenvalue weighted by atomic mass is 9.43. The van der Waals surface area contributed by atoms with Crippen molar-refractivity contribution in [3.8, 4) is 0 Å². The molecule has 5 nitrogen and oxygen atoms in total. The largest absolute Gasteiger partial charge is 0.394 e. The molecule has 5 heteroatoms. The SMILES string of the molecule is C/C(=N/OCCN(C)C)[C@H]1CC[C@@]2(O)[C@@H]3CCC4CC(O)CC[C@]4(C)[C@H]3CC[C@]12C. The molecular weight excluding hydrogens is 376 g/mol. The Morgan fingerprint density at radius 1 is 1.03 bits per heavy atom. The first-order chi connectivity index (χ1) is 14.1. The van der Waals surface area contributed by atoms with E-state index < -0.39 is 5.60 Å². The quantitative estimate of drug-likeness (QED) is 0.400. The van der Waals surface area contributed by atoms with Crippen molar-refractivity contribution in [2.45, 2.75) is 90.3 Å². The summed E-state index contributed by atoms with van der Waals surface area (Å²) >= 11 is 0. The summed E-state index contributed by atoms with van der Waals surface area (Å²) in [6.07, 6.45) is 9.38. The van der Waals surface area contributed by atoms with Crippen LogP contribution in [0.25, 0.3) is 0 Å². The van der Waals surface area contributed by atoms with Crippen LogP contribution in [0.5, 0.6) is 0 Å². The van der Waals surface area contributed by atoms with Gasteiger partial charge in [-0.25, -0.2) is 0 Å². The monoisotopic (exact) mass is 420 g/mol. The molecule has 8 atom stereocenters. The van der Waals surface area contributed by atoms with Crippen LogP contribution in [0.3, 0.4) is 0 Å². The second-order valence-corrected chi connectivity index (χ2v) is 11.8. The van der Waals surface area contributed by atoms with Gasteiger partial charge in [-0.05, 0) is 102 Å². The lowest BCUT2D eigenvalue weighted by molar-refractivity contribution is -0.206. The van der Waals surface area contributed by atoms with Gasteiger partial charge < -0.3 is 20.0 Å². The number of hydrogen-bond donors (Lipinski definition) is 2. The summed E-state index contributed by atoms with van der Waals surface area (Å²) in [5.41, 5.74) is 0.649. The minimum atomic E-state index is -0.592. The zero-order valence-electron chi connectivity index (χ0n) is 19.9. The molecule has 0 saturated heterocycles. The molecule has 0 spiro atoms. The summed E-state index contributed by atoms with van der Waals surface area (Å²) in [5.74, 6) is 1.91. The maximum absolute atomic E-state index is 12.2. The number of aliphatic hydroxyl groups is 2. The molecule has 0 amide bonds. The molecule has 0 heterocycles. The van der Waals surface area contributed by atoms with E-state index >= 15 is 0 Å². The number of oxime groups is 1. The molecule has 4 aliphatic carbocycles. The van der Waals surface area contributed by atoms with Crippen molar-refractivity contribution < 1.29 is 15.1 Å². The molecule has 2 unspecified atom stereocenters. The normalized spacial score (nSPS) is 48.8. The van der Waals surface area contributed by atoms with E-state index in [9.17, 15) is 10.2 Å². The summed E-state index contributed by atoms with van der Waals surface area (Å²) in [6.45, 7) is 8.38. The predicted octanol–water partition coefficient (Wildman–Crippen LogP) is 4.08. The first kappa shape index (κ1) is 22.5. The van der Waals surface area contributed by atoms with E-state index in [0.717, 1.165) is 57.2 Å². The van der Waals surface area contributed by atoms with E-state index in [4.69, 9.17) is 4.84 Å². The van der Waals surface area contributed by atoms with Crippen LogP contribution in [-0.4, -0.2) is 59.8 Å². The van der Waals surface area contributed by atoms with Crippen molar-refractivity contribution in [2.75, 3.05) is 27.2 Å². The Kier molecular flexibility index (Phi) is 6.04. The Labute approximate surface area is 183 Å². The zero-order valence-corrected chi connectivity index (χ0v) is 19.9. The van der Waals surface area contributed by atoms with E-state index in [2.05, 4.69) is 30.8 Å². The smallest absolute Gasteiger partial charge is 0.129 e. The molecule has 4 rings (SSSR count). The Morgan fingerprint density at radius 3 is 2.53 bits per heavy atom. The van der Waals surface area contributed by atoms with Crippen LogP contribution in [0.2, 0.25) is 0 Å². The Balaban J connectivity index is 1.52. The average Bonchev–Trinajstić information content (AvgIpc) is 2.97. The highest BCUT2D eigenvalue weighted by molar-refractivity contribution is 5.85. The third-order valence-corrected chi connectivity index (χ3v) is 10.2. The summed E-state index contributed by atoms with van der Waals surface area (Å²) in [7, 11) is 4.08. The molecule has 2 N–H and O–H groups in total. The third kappa shape index (κ3) is 3.44. The molecule has 0 aromatic rings. The number of aliphatic hydroxyl groups excluding tert-OH is 1. The predicted molar refractivity (Wildman–Crippen MR) is 120 cm³/mol. The molecule has 30 heavy (non-hydrogen) atoms. The molecule has 0 radical (unpaired) electrons. The fraction of sp³-hybridized carbons (Fsp3) is 0.960. The van der Waals surface area contributed by atoms with Gasteiger partial charge in [0.05, 0.1) is 17.4 Å². The van der Waals surface area contributed by atoms with Crippen LogP contribution in [0.1, 0.15) is 78.6 Å². The van der Waals surface area contributed by atoms with Crippen molar-refractivity contribution in [2.24, 2.45) is 39.7 Å². The molecule has 4 aliphatic rings.